The van der Waals surface area contributed by atoms with Crippen LogP contribution < -0.4 is 0 Å². The van der Waals surface area contributed by atoms with Gasteiger partial charge >= 0.3 is 12.4 Å². The van der Waals surface area contributed by atoms with Gasteiger partial charge in [0.05, 0.1) is 61.3 Å². The Morgan fingerprint density at radius 3 is 1.06 bits per heavy atom. The second kappa shape index (κ2) is 20.7. The fraction of sp³-hybridized carbons (Fsp3) is 0.0260. The number of rotatable bonds is 9. The molecule has 0 spiro atoms. The molecule has 0 aliphatic heterocycles. The van der Waals surface area contributed by atoms with Crippen molar-refractivity contribution in [2.75, 3.05) is 0 Å². The van der Waals surface area contributed by atoms with Gasteiger partial charge in [-0.2, -0.15) is 26.3 Å². The quantitative estimate of drug-likeness (QED) is 0.135. The summed E-state index contributed by atoms with van der Waals surface area (Å²) in [6.45, 7) is 0. The molecule has 0 amide bonds. The van der Waals surface area contributed by atoms with E-state index in [4.69, 9.17) is 15.0 Å². The number of alkyl halides is 6. The molecule has 0 saturated carbocycles. The Kier molecular flexibility index (Phi) is 12.3. The summed E-state index contributed by atoms with van der Waals surface area (Å²) in [5, 5.41) is 5.56. The minimum atomic E-state index is -5.11. The summed E-state index contributed by atoms with van der Waals surface area (Å²) in [7, 11) is 0. The fourth-order valence-electron chi connectivity index (χ4n) is 13.1. The summed E-state index contributed by atoms with van der Waals surface area (Å²) < 4.78 is 94.5. The molecule has 0 radical (unpaired) electrons. The molecule has 0 aliphatic carbocycles. The summed E-state index contributed by atoms with van der Waals surface area (Å²) in [5.74, 6) is 1.34. The number of halogens is 6. The van der Waals surface area contributed by atoms with Gasteiger partial charge in [0.2, 0.25) is 0 Å². The van der Waals surface area contributed by atoms with Crippen molar-refractivity contribution in [3.8, 4) is 84.6 Å². The molecular weight excluding hydrogens is 1120 g/mol. The van der Waals surface area contributed by atoms with Crippen LogP contribution in [0.25, 0.3) is 150 Å². The minimum Gasteiger partial charge on any atom is -0.309 e. The third-order valence-electron chi connectivity index (χ3n) is 17.0. The molecule has 12 heteroatoms. The van der Waals surface area contributed by atoms with E-state index in [0.717, 1.165) is 106 Å². The van der Waals surface area contributed by atoms with E-state index in [1.165, 1.54) is 0 Å². The monoisotopic (exact) mass is 1170 g/mol. The van der Waals surface area contributed by atoms with E-state index < -0.39 is 23.5 Å². The molecule has 0 bridgehead atoms. The number of aromatic nitrogens is 6. The van der Waals surface area contributed by atoms with Crippen LogP contribution in [0.5, 0.6) is 0 Å². The average molecular weight is 1170 g/mol. The third-order valence-corrected chi connectivity index (χ3v) is 17.0. The lowest BCUT2D eigenvalue weighted by Gasteiger charge is -2.24. The first kappa shape index (κ1) is 53.1. The summed E-state index contributed by atoms with van der Waals surface area (Å²) in [4.78, 5) is 15.9. The van der Waals surface area contributed by atoms with Crippen molar-refractivity contribution in [3.63, 3.8) is 0 Å². The van der Waals surface area contributed by atoms with Crippen molar-refractivity contribution >= 4 is 65.4 Å². The van der Waals surface area contributed by atoms with Crippen LogP contribution in [0.3, 0.4) is 0 Å². The molecule has 426 valence electrons. The predicted octanol–water partition coefficient (Wildman–Crippen LogP) is 21.2. The Hall–Kier alpha value is -11.4. The predicted molar refractivity (Wildman–Crippen MR) is 345 cm³/mol. The van der Waals surface area contributed by atoms with Gasteiger partial charge < -0.3 is 13.7 Å². The fourth-order valence-corrected chi connectivity index (χ4v) is 13.1. The lowest BCUT2D eigenvalue weighted by molar-refractivity contribution is -0.142. The van der Waals surface area contributed by atoms with Gasteiger partial charge in [0.25, 0.3) is 0 Å². The van der Waals surface area contributed by atoms with Gasteiger partial charge in [0.1, 0.15) is 0 Å². The van der Waals surface area contributed by atoms with Gasteiger partial charge in [0.15, 0.2) is 17.5 Å². The van der Waals surface area contributed by atoms with E-state index in [1.54, 1.807) is 18.2 Å². The van der Waals surface area contributed by atoms with Crippen molar-refractivity contribution in [1.29, 1.82) is 0 Å². The van der Waals surface area contributed by atoms with E-state index in [9.17, 15) is 13.2 Å². The number of benzene rings is 12. The van der Waals surface area contributed by atoms with Gasteiger partial charge in [0, 0.05) is 71.3 Å². The van der Waals surface area contributed by atoms with E-state index in [-0.39, 0.29) is 17.2 Å². The molecule has 0 N–H and O–H groups in total. The zero-order valence-electron chi connectivity index (χ0n) is 47.0. The first-order chi connectivity index (χ1) is 43.4. The van der Waals surface area contributed by atoms with Gasteiger partial charge in [-0.05, 0) is 90.0 Å². The Bertz CT molecular complexity index is 5140. The lowest BCUT2D eigenvalue weighted by atomic mass is 9.90. The molecule has 12 aromatic carbocycles. The number of fused-ring (bicyclic) bond motifs is 9. The van der Waals surface area contributed by atoms with Gasteiger partial charge in [-0.15, -0.1) is 0 Å². The molecule has 0 saturated heterocycles. The largest absolute Gasteiger partial charge is 0.417 e. The van der Waals surface area contributed by atoms with Crippen molar-refractivity contribution in [3.05, 3.63) is 290 Å². The minimum absolute atomic E-state index is 0.101. The van der Waals surface area contributed by atoms with Gasteiger partial charge in [-0.25, -0.2) is 15.0 Å². The number of nitrogens with zero attached hydrogens (tertiary/aromatic N) is 6. The Balaban J connectivity index is 1.08. The maximum atomic E-state index is 15.1. The number of para-hydroxylation sites is 7. The van der Waals surface area contributed by atoms with Crippen LogP contribution in [0.4, 0.5) is 26.3 Å². The molecule has 4 heterocycles. The standard InChI is InChI=1S/C77H46F6N6/c78-76(79,80)51-40-41-52(63(46-51)77(81,82)83)49-39-42-71-60(43-49)57-29-11-20-38-70(57)89(71)72-61(58-30-12-18-36-68(58)87-64-32-14-7-25-53(64)54-26-8-15-33-65(54)87)44-50(75-85-73(47-21-3-1-4-22-47)84-74(86-75)48-23-5-2-6-24-48)45-62(72)59-31-13-19-37-69(59)88-66-34-16-9-27-55(66)56-28-10-17-35-67(56)88/h1-46H. The average Bonchev–Trinajstić information content (AvgIpc) is 1.71. The highest BCUT2D eigenvalue weighted by Crippen LogP contribution is 2.50. The molecule has 16 rings (SSSR count). The summed E-state index contributed by atoms with van der Waals surface area (Å²) in [6, 6.07) is 88.5. The highest BCUT2D eigenvalue weighted by atomic mass is 19.4. The second-order valence-corrected chi connectivity index (χ2v) is 22.1. The summed E-state index contributed by atoms with van der Waals surface area (Å²) in [6.07, 6.45) is -10.1. The first-order valence-corrected chi connectivity index (χ1v) is 29.0. The van der Waals surface area contributed by atoms with E-state index >= 15 is 13.2 Å². The van der Waals surface area contributed by atoms with Crippen LogP contribution in [0.15, 0.2) is 279 Å². The molecule has 0 aliphatic rings. The van der Waals surface area contributed by atoms with Crippen LogP contribution in [-0.4, -0.2) is 28.7 Å². The Morgan fingerprint density at radius 1 is 0.247 bits per heavy atom. The zero-order valence-corrected chi connectivity index (χ0v) is 47.0. The van der Waals surface area contributed by atoms with Crippen molar-refractivity contribution in [2.45, 2.75) is 12.4 Å². The summed E-state index contributed by atoms with van der Waals surface area (Å²) in [5.41, 5.74) is 10.1. The van der Waals surface area contributed by atoms with E-state index in [1.807, 2.05) is 158 Å². The second-order valence-electron chi connectivity index (χ2n) is 22.1. The van der Waals surface area contributed by atoms with Crippen LogP contribution in [0, 0.1) is 0 Å². The molecular formula is C77H46F6N6. The molecule has 0 atom stereocenters. The third kappa shape index (κ3) is 8.85. The molecule has 6 nitrogen and oxygen atoms in total. The Labute approximate surface area is 505 Å². The Morgan fingerprint density at radius 2 is 0.618 bits per heavy atom. The molecule has 16 aromatic rings. The lowest BCUT2D eigenvalue weighted by Crippen LogP contribution is -2.12. The SMILES string of the molecule is FC(F)(F)c1ccc(-c2ccc3c(c2)c2ccccc2n3-c2c(-c3ccccc3-n3c4ccccc4c4ccccc43)cc(-c3nc(-c4ccccc4)nc(-c4ccccc4)n3)cc2-c2ccccc2-n2c3ccccc3c3ccccc32)c(C(F)(F)F)c1. The van der Waals surface area contributed by atoms with Crippen LogP contribution in [-0.2, 0) is 12.4 Å². The molecule has 89 heavy (non-hydrogen) atoms. The van der Waals surface area contributed by atoms with Crippen molar-refractivity contribution in [1.82, 2.24) is 28.7 Å². The maximum Gasteiger partial charge on any atom is 0.417 e. The van der Waals surface area contributed by atoms with Crippen LogP contribution >= 0.6 is 0 Å². The molecule has 4 aromatic heterocycles. The highest BCUT2D eigenvalue weighted by molar-refractivity contribution is 6.14. The van der Waals surface area contributed by atoms with Crippen molar-refractivity contribution in [2.24, 2.45) is 0 Å². The number of hydrogen-bond acceptors (Lipinski definition) is 3. The molecule has 0 fully saturated rings. The van der Waals surface area contributed by atoms with E-state index in [0.29, 0.717) is 45.4 Å². The van der Waals surface area contributed by atoms with Crippen molar-refractivity contribution < 1.29 is 26.3 Å². The smallest absolute Gasteiger partial charge is 0.309 e. The van der Waals surface area contributed by atoms with E-state index in [2.05, 4.69) is 98.6 Å². The molecule has 0 unspecified atom stereocenters. The van der Waals surface area contributed by atoms with Gasteiger partial charge in [-0.1, -0.05) is 200 Å². The number of hydrogen-bond donors (Lipinski definition) is 0. The topological polar surface area (TPSA) is 53.5 Å². The van der Waals surface area contributed by atoms with Crippen LogP contribution in [0.2, 0.25) is 0 Å². The first-order valence-electron chi connectivity index (χ1n) is 29.0. The highest BCUT2D eigenvalue weighted by Gasteiger charge is 2.39. The van der Waals surface area contributed by atoms with Crippen LogP contribution in [0.1, 0.15) is 11.1 Å². The zero-order chi connectivity index (χ0) is 60.1. The summed E-state index contributed by atoms with van der Waals surface area (Å²) >= 11 is 0. The maximum absolute atomic E-state index is 15.1. The normalized spacial score (nSPS) is 12.2. The van der Waals surface area contributed by atoms with Gasteiger partial charge in [-0.3, -0.25) is 0 Å².